The van der Waals surface area contributed by atoms with E-state index in [1.807, 2.05) is 30.3 Å². The highest BCUT2D eigenvalue weighted by molar-refractivity contribution is 7.14. The van der Waals surface area contributed by atoms with Crippen molar-refractivity contribution in [2.45, 2.75) is 13.2 Å². The van der Waals surface area contributed by atoms with E-state index in [2.05, 4.69) is 60.0 Å². The molecule has 146 valence electrons. The van der Waals surface area contributed by atoms with Crippen molar-refractivity contribution in [2.75, 3.05) is 7.05 Å². The van der Waals surface area contributed by atoms with Crippen LogP contribution in [0, 0.1) is 0 Å². The quantitative estimate of drug-likeness (QED) is 0.424. The minimum absolute atomic E-state index is 0.430. The van der Waals surface area contributed by atoms with Crippen LogP contribution in [0.15, 0.2) is 90.3 Å². The first-order chi connectivity index (χ1) is 14.2. The van der Waals surface area contributed by atoms with E-state index in [4.69, 9.17) is 4.74 Å². The van der Waals surface area contributed by atoms with Gasteiger partial charge < -0.3 is 4.74 Å². The van der Waals surface area contributed by atoms with Gasteiger partial charge in [0.25, 0.3) is 0 Å². The van der Waals surface area contributed by atoms with Gasteiger partial charge in [-0.2, -0.15) is 5.06 Å². The highest BCUT2D eigenvalue weighted by Crippen LogP contribution is 2.40. The lowest BCUT2D eigenvalue weighted by molar-refractivity contribution is -1.08. The topological polar surface area (TPSA) is 33.9 Å². The molecule has 0 saturated carbocycles. The monoisotopic (exact) mass is 402 g/mol. The van der Waals surface area contributed by atoms with Crippen LogP contribution in [0.4, 0.5) is 0 Å². The third-order valence-electron chi connectivity index (χ3n) is 4.76. The van der Waals surface area contributed by atoms with Crippen LogP contribution in [0.2, 0.25) is 0 Å². The van der Waals surface area contributed by atoms with Crippen LogP contribution in [0.5, 0.6) is 5.75 Å². The van der Waals surface area contributed by atoms with Gasteiger partial charge in [0.2, 0.25) is 0 Å². The molecule has 0 amide bonds. The number of thiophene rings is 1. The molecule has 4 aromatic rings. The van der Waals surface area contributed by atoms with Crippen molar-refractivity contribution in [1.29, 1.82) is 0 Å². The van der Waals surface area contributed by atoms with Crippen molar-refractivity contribution in [1.82, 2.24) is 0 Å². The number of benzene rings is 3. The van der Waals surface area contributed by atoms with Gasteiger partial charge in [0, 0.05) is 21.6 Å². The van der Waals surface area contributed by atoms with Gasteiger partial charge in [-0.05, 0) is 28.6 Å². The molecule has 3 aromatic carbocycles. The third-order valence-corrected chi connectivity index (χ3v) is 5.72. The smallest absolute Gasteiger partial charge is 0.132 e. The first-order valence-corrected chi connectivity index (χ1v) is 10.5. The van der Waals surface area contributed by atoms with Crippen molar-refractivity contribution in [3.05, 3.63) is 101 Å². The summed E-state index contributed by atoms with van der Waals surface area (Å²) in [5.41, 5.74) is 5.71. The fourth-order valence-corrected chi connectivity index (χ4v) is 4.28. The number of hydrogen-bond acceptors (Lipinski definition) is 3. The second-order valence-corrected chi connectivity index (χ2v) is 7.96. The number of para-hydroxylation sites is 1. The highest BCUT2D eigenvalue weighted by Gasteiger charge is 2.14. The number of nitrogens with one attached hydrogen (secondary N) is 1. The first-order valence-electron chi connectivity index (χ1n) is 9.65. The zero-order valence-corrected chi connectivity index (χ0v) is 17.2. The van der Waals surface area contributed by atoms with Gasteiger partial charge >= 0.3 is 0 Å². The minimum atomic E-state index is 0.430. The summed E-state index contributed by atoms with van der Waals surface area (Å²) in [5.74, 6) is 0.887. The molecule has 2 N–H and O–H groups in total. The Bertz CT molecular complexity index is 1060. The molecular weight excluding hydrogens is 378 g/mol. The fourth-order valence-electron chi connectivity index (χ4n) is 3.36. The van der Waals surface area contributed by atoms with Crippen molar-refractivity contribution in [2.24, 2.45) is 0 Å². The van der Waals surface area contributed by atoms with Gasteiger partial charge in [-0.25, -0.2) is 5.21 Å². The molecule has 0 saturated heterocycles. The molecule has 1 unspecified atom stereocenters. The fraction of sp³-hybridized carbons (Fsp3) is 0.120. The highest BCUT2D eigenvalue weighted by atomic mass is 32.1. The van der Waals surface area contributed by atoms with E-state index in [1.54, 1.807) is 18.4 Å². The summed E-state index contributed by atoms with van der Waals surface area (Å²) >= 11 is 1.73. The van der Waals surface area contributed by atoms with Gasteiger partial charge in [0.15, 0.2) is 0 Å². The van der Waals surface area contributed by atoms with Crippen LogP contribution >= 0.6 is 11.3 Å². The Morgan fingerprint density at radius 2 is 1.52 bits per heavy atom. The molecule has 1 aromatic heterocycles. The van der Waals surface area contributed by atoms with Crippen LogP contribution in [0.25, 0.3) is 21.6 Å². The average molecular weight is 403 g/mol. The molecule has 1 atom stereocenters. The van der Waals surface area contributed by atoms with Gasteiger partial charge in [0.1, 0.15) is 18.9 Å². The molecule has 0 spiro atoms. The number of quaternary nitrogens is 1. The zero-order valence-electron chi connectivity index (χ0n) is 16.3. The van der Waals surface area contributed by atoms with Crippen molar-refractivity contribution >= 4 is 11.3 Å². The van der Waals surface area contributed by atoms with Crippen LogP contribution in [0.3, 0.4) is 0 Å². The standard InChI is InChI=1S/C25H23NO2S/c1-26(27)17-19-11-13-21(14-12-19)25-23(15-16-29-25)22-9-5-6-10-24(22)28-18-20-7-3-2-4-8-20/h2-16,27H,17-18H2,1H3/p+1. The Morgan fingerprint density at radius 1 is 0.793 bits per heavy atom. The maximum Gasteiger partial charge on any atom is 0.132 e. The normalized spacial score (nSPS) is 11.9. The predicted molar refractivity (Wildman–Crippen MR) is 118 cm³/mol. The van der Waals surface area contributed by atoms with E-state index in [-0.39, 0.29) is 0 Å². The van der Waals surface area contributed by atoms with Gasteiger partial charge in [-0.3, -0.25) is 0 Å². The third kappa shape index (κ3) is 4.74. The Morgan fingerprint density at radius 3 is 2.28 bits per heavy atom. The van der Waals surface area contributed by atoms with Crippen LogP contribution in [0.1, 0.15) is 11.1 Å². The molecule has 29 heavy (non-hydrogen) atoms. The van der Waals surface area contributed by atoms with Crippen molar-refractivity contribution < 1.29 is 15.0 Å². The Kier molecular flexibility index (Phi) is 6.06. The SMILES string of the molecule is C[NH+](O)Cc1ccc(-c2sccc2-c2ccccc2OCc2ccccc2)cc1. The molecule has 0 aliphatic rings. The maximum absolute atomic E-state index is 9.52. The van der Waals surface area contributed by atoms with E-state index >= 15 is 0 Å². The molecule has 4 heteroatoms. The summed E-state index contributed by atoms with van der Waals surface area (Å²) in [7, 11) is 1.73. The number of hydrogen-bond donors (Lipinski definition) is 2. The molecule has 0 aliphatic heterocycles. The second kappa shape index (κ2) is 9.05. The molecule has 0 bridgehead atoms. The maximum atomic E-state index is 9.52. The number of rotatable bonds is 7. The van der Waals surface area contributed by atoms with Gasteiger partial charge in [-0.1, -0.05) is 72.8 Å². The molecule has 0 radical (unpaired) electrons. The Labute approximate surface area is 175 Å². The molecule has 0 fully saturated rings. The molecule has 4 rings (SSSR count). The Hall–Kier alpha value is -2.92. The summed E-state index contributed by atoms with van der Waals surface area (Å²) in [4.78, 5) is 1.22. The lowest BCUT2D eigenvalue weighted by atomic mass is 10.0. The van der Waals surface area contributed by atoms with E-state index in [0.717, 1.165) is 22.4 Å². The first kappa shape index (κ1) is 19.4. The van der Waals surface area contributed by atoms with E-state index in [9.17, 15) is 5.21 Å². The Balaban J connectivity index is 1.61. The van der Waals surface area contributed by atoms with Crippen molar-refractivity contribution in [3.8, 4) is 27.3 Å². The van der Waals surface area contributed by atoms with Crippen molar-refractivity contribution in [3.63, 3.8) is 0 Å². The predicted octanol–water partition coefficient (Wildman–Crippen LogP) is 5.07. The molecule has 3 nitrogen and oxygen atoms in total. The van der Waals surface area contributed by atoms with Gasteiger partial charge in [0.05, 0.1) is 7.05 Å². The van der Waals surface area contributed by atoms with E-state index in [0.29, 0.717) is 18.2 Å². The molecule has 0 aliphatic carbocycles. The van der Waals surface area contributed by atoms with Crippen LogP contribution in [-0.2, 0) is 13.2 Å². The lowest BCUT2D eigenvalue weighted by Gasteiger charge is -2.13. The number of ether oxygens (including phenoxy) is 1. The van der Waals surface area contributed by atoms with Gasteiger partial charge in [-0.15, -0.1) is 11.3 Å². The summed E-state index contributed by atoms with van der Waals surface area (Å²) in [6.45, 7) is 1.14. The summed E-state index contributed by atoms with van der Waals surface area (Å²) in [5, 5.41) is 12.1. The average Bonchev–Trinajstić information content (AvgIpc) is 3.23. The van der Waals surface area contributed by atoms with E-state index < -0.39 is 0 Å². The second-order valence-electron chi connectivity index (χ2n) is 7.04. The van der Waals surface area contributed by atoms with Crippen LogP contribution in [-0.4, -0.2) is 12.3 Å². The largest absolute Gasteiger partial charge is 0.488 e. The summed E-state index contributed by atoms with van der Waals surface area (Å²) in [6, 6.07) is 29.0. The zero-order chi connectivity index (χ0) is 20.1. The minimum Gasteiger partial charge on any atom is -0.488 e. The van der Waals surface area contributed by atoms with E-state index in [1.165, 1.54) is 16.0 Å². The molecule has 1 heterocycles. The summed E-state index contributed by atoms with van der Waals surface area (Å²) in [6.07, 6.45) is 0. The summed E-state index contributed by atoms with van der Waals surface area (Å²) < 4.78 is 6.17. The lowest BCUT2D eigenvalue weighted by Crippen LogP contribution is -3.04. The molecular formula is C25H24NO2S+. The van der Waals surface area contributed by atoms with Crippen LogP contribution < -0.4 is 9.80 Å². The number of hydroxylamine groups is 2.